The Bertz CT molecular complexity index is 369. The van der Waals surface area contributed by atoms with Crippen molar-refractivity contribution in [3.8, 4) is 0 Å². The van der Waals surface area contributed by atoms with Gasteiger partial charge in [-0.15, -0.1) is 16.4 Å². The van der Waals surface area contributed by atoms with Crippen LogP contribution in [0.15, 0.2) is 22.9 Å². The van der Waals surface area contributed by atoms with Crippen LogP contribution in [0.1, 0.15) is 30.0 Å². The average molecular weight is 239 g/mol. The number of aromatic nitrogens is 2. The first kappa shape index (κ1) is 10.7. The zero-order valence-corrected chi connectivity index (χ0v) is 10.1. The van der Waals surface area contributed by atoms with Crippen LogP contribution in [0, 0.1) is 0 Å². The van der Waals surface area contributed by atoms with Crippen molar-refractivity contribution in [3.05, 3.63) is 33.5 Å². The molecule has 0 aliphatic rings. The number of hydrogen-bond donors (Lipinski definition) is 1. The maximum atomic E-state index is 4.01. The molecule has 0 fully saturated rings. The zero-order valence-electron chi connectivity index (χ0n) is 8.51. The van der Waals surface area contributed by atoms with Crippen LogP contribution in [-0.4, -0.2) is 9.59 Å². The van der Waals surface area contributed by atoms with Gasteiger partial charge in [-0.3, -0.25) is 0 Å². The molecule has 2 rings (SSSR count). The Morgan fingerprint density at radius 1 is 1.53 bits per heavy atom. The van der Waals surface area contributed by atoms with Crippen LogP contribution in [0.2, 0.25) is 0 Å². The van der Waals surface area contributed by atoms with E-state index in [1.54, 1.807) is 11.3 Å². The summed E-state index contributed by atoms with van der Waals surface area (Å²) in [5, 5.41) is 11.6. The molecule has 0 saturated carbocycles. The lowest BCUT2D eigenvalue weighted by atomic mass is 10.2. The van der Waals surface area contributed by atoms with Crippen molar-refractivity contribution in [2.45, 2.75) is 25.9 Å². The maximum Gasteiger partial charge on any atom is 0.0893 e. The van der Waals surface area contributed by atoms with E-state index in [4.69, 9.17) is 0 Å². The Morgan fingerprint density at radius 2 is 2.47 bits per heavy atom. The molecule has 0 radical (unpaired) electrons. The molecule has 0 spiro atoms. The standard InChI is InChI=1S/C10H13N3S2/c1-2-9(10-4-3-5-14-10)11-6-8-7-15-13-12-8/h3-5,7,9,11H,2,6H2,1H3. The molecule has 0 aliphatic heterocycles. The summed E-state index contributed by atoms with van der Waals surface area (Å²) in [6.07, 6.45) is 1.10. The van der Waals surface area contributed by atoms with E-state index >= 15 is 0 Å². The highest BCUT2D eigenvalue weighted by Gasteiger charge is 2.09. The number of hydrogen-bond acceptors (Lipinski definition) is 5. The van der Waals surface area contributed by atoms with E-state index in [0.29, 0.717) is 6.04 Å². The molecule has 80 valence electrons. The molecule has 0 saturated heterocycles. The third kappa shape index (κ3) is 2.84. The van der Waals surface area contributed by atoms with E-state index in [2.05, 4.69) is 39.3 Å². The summed E-state index contributed by atoms with van der Waals surface area (Å²) in [6.45, 7) is 2.99. The summed E-state index contributed by atoms with van der Waals surface area (Å²) in [4.78, 5) is 1.39. The number of nitrogens with zero attached hydrogens (tertiary/aromatic N) is 2. The molecule has 15 heavy (non-hydrogen) atoms. The second-order valence-corrected chi connectivity index (χ2v) is 4.84. The molecule has 0 bridgehead atoms. The van der Waals surface area contributed by atoms with Gasteiger partial charge in [0.1, 0.15) is 0 Å². The fourth-order valence-corrected chi connectivity index (χ4v) is 2.76. The van der Waals surface area contributed by atoms with Gasteiger partial charge in [-0.05, 0) is 29.4 Å². The molecule has 0 aliphatic carbocycles. The zero-order chi connectivity index (χ0) is 10.5. The highest BCUT2D eigenvalue weighted by atomic mass is 32.1. The number of thiophene rings is 1. The molecule has 3 nitrogen and oxygen atoms in total. The van der Waals surface area contributed by atoms with Gasteiger partial charge in [-0.1, -0.05) is 17.5 Å². The monoisotopic (exact) mass is 239 g/mol. The smallest absolute Gasteiger partial charge is 0.0893 e. The second-order valence-electron chi connectivity index (χ2n) is 3.25. The number of rotatable bonds is 5. The van der Waals surface area contributed by atoms with Crippen LogP contribution in [0.25, 0.3) is 0 Å². The van der Waals surface area contributed by atoms with Gasteiger partial charge in [0.2, 0.25) is 0 Å². The lowest BCUT2D eigenvalue weighted by molar-refractivity contribution is 0.521. The van der Waals surface area contributed by atoms with Crippen molar-refractivity contribution in [3.63, 3.8) is 0 Å². The van der Waals surface area contributed by atoms with Gasteiger partial charge in [0.15, 0.2) is 0 Å². The van der Waals surface area contributed by atoms with Crippen LogP contribution in [0.5, 0.6) is 0 Å². The van der Waals surface area contributed by atoms with Crippen LogP contribution in [0.4, 0.5) is 0 Å². The van der Waals surface area contributed by atoms with Crippen molar-refractivity contribution < 1.29 is 0 Å². The van der Waals surface area contributed by atoms with Crippen molar-refractivity contribution in [1.82, 2.24) is 14.9 Å². The van der Waals surface area contributed by atoms with Crippen LogP contribution in [0.3, 0.4) is 0 Å². The largest absolute Gasteiger partial charge is 0.303 e. The first-order chi connectivity index (χ1) is 7.40. The lowest BCUT2D eigenvalue weighted by Crippen LogP contribution is -2.19. The Hall–Kier alpha value is -0.780. The molecule has 1 N–H and O–H groups in total. The van der Waals surface area contributed by atoms with Crippen LogP contribution in [-0.2, 0) is 6.54 Å². The normalized spacial score (nSPS) is 12.9. The molecule has 2 heterocycles. The van der Waals surface area contributed by atoms with Gasteiger partial charge in [-0.25, -0.2) is 0 Å². The summed E-state index contributed by atoms with van der Waals surface area (Å²) < 4.78 is 3.84. The third-order valence-corrected chi connectivity index (χ3v) is 3.77. The second kappa shape index (κ2) is 5.34. The molecule has 1 unspecified atom stereocenters. The Balaban J connectivity index is 1.92. The first-order valence-electron chi connectivity index (χ1n) is 4.93. The predicted molar refractivity (Wildman–Crippen MR) is 64.1 cm³/mol. The summed E-state index contributed by atoms with van der Waals surface area (Å²) in [6, 6.07) is 4.70. The minimum atomic E-state index is 0.437. The van der Waals surface area contributed by atoms with E-state index in [9.17, 15) is 0 Å². The van der Waals surface area contributed by atoms with Crippen molar-refractivity contribution in [2.24, 2.45) is 0 Å². The molecule has 1 atom stereocenters. The fraction of sp³-hybridized carbons (Fsp3) is 0.400. The van der Waals surface area contributed by atoms with Gasteiger partial charge in [-0.2, -0.15) is 0 Å². The lowest BCUT2D eigenvalue weighted by Gasteiger charge is -2.13. The summed E-state index contributed by atoms with van der Waals surface area (Å²) in [5.74, 6) is 0. The van der Waals surface area contributed by atoms with E-state index in [1.807, 2.05) is 5.38 Å². The van der Waals surface area contributed by atoms with Gasteiger partial charge < -0.3 is 5.32 Å². The average Bonchev–Trinajstić information content (AvgIpc) is 2.90. The van der Waals surface area contributed by atoms with E-state index < -0.39 is 0 Å². The highest BCUT2D eigenvalue weighted by molar-refractivity contribution is 7.10. The van der Waals surface area contributed by atoms with Gasteiger partial charge in [0.05, 0.1) is 5.69 Å². The highest BCUT2D eigenvalue weighted by Crippen LogP contribution is 2.21. The molecule has 0 aromatic carbocycles. The van der Waals surface area contributed by atoms with E-state index in [-0.39, 0.29) is 0 Å². The molecule has 5 heteroatoms. The molecule has 2 aromatic rings. The summed E-state index contributed by atoms with van der Waals surface area (Å²) >= 11 is 3.19. The third-order valence-electron chi connectivity index (χ3n) is 2.23. The Labute approximate surface area is 97.3 Å². The summed E-state index contributed by atoms with van der Waals surface area (Å²) in [7, 11) is 0. The molecule has 0 amide bonds. The molecule has 2 aromatic heterocycles. The Kier molecular flexibility index (Phi) is 3.82. The molecular weight excluding hydrogens is 226 g/mol. The van der Waals surface area contributed by atoms with Crippen molar-refractivity contribution in [1.29, 1.82) is 0 Å². The minimum absolute atomic E-state index is 0.437. The Morgan fingerprint density at radius 3 is 3.07 bits per heavy atom. The quantitative estimate of drug-likeness (QED) is 0.872. The topological polar surface area (TPSA) is 37.8 Å². The van der Waals surface area contributed by atoms with Gasteiger partial charge in [0, 0.05) is 22.8 Å². The van der Waals surface area contributed by atoms with E-state index in [0.717, 1.165) is 18.7 Å². The maximum absolute atomic E-state index is 4.01. The van der Waals surface area contributed by atoms with Crippen molar-refractivity contribution in [2.75, 3.05) is 0 Å². The van der Waals surface area contributed by atoms with Crippen LogP contribution >= 0.6 is 22.9 Å². The molecular formula is C10H13N3S2. The van der Waals surface area contributed by atoms with Crippen molar-refractivity contribution >= 4 is 22.9 Å². The van der Waals surface area contributed by atoms with E-state index in [1.165, 1.54) is 16.4 Å². The van der Waals surface area contributed by atoms with Crippen LogP contribution < -0.4 is 5.32 Å². The first-order valence-corrected chi connectivity index (χ1v) is 6.64. The SMILES string of the molecule is CCC(NCc1csnn1)c1cccs1. The predicted octanol–water partition coefficient (Wildman–Crippen LogP) is 2.84. The minimum Gasteiger partial charge on any atom is -0.303 e. The fourth-order valence-electron chi connectivity index (χ4n) is 1.42. The van der Waals surface area contributed by atoms with Gasteiger partial charge >= 0.3 is 0 Å². The summed E-state index contributed by atoms with van der Waals surface area (Å²) in [5.41, 5.74) is 1.02. The van der Waals surface area contributed by atoms with Gasteiger partial charge in [0.25, 0.3) is 0 Å². The number of nitrogens with one attached hydrogen (secondary N) is 1.